The number of halogens is 1. The highest BCUT2D eigenvalue weighted by atomic mass is 35.5. The molecule has 13 nitrogen and oxygen atoms in total. The van der Waals surface area contributed by atoms with Gasteiger partial charge in [0.25, 0.3) is 17.7 Å². The van der Waals surface area contributed by atoms with Gasteiger partial charge >= 0.3 is 0 Å². The third-order valence-electron chi connectivity index (χ3n) is 13.5. The fraction of sp³-hybridized carbons (Fsp3) is 0.455. The Labute approximate surface area is 343 Å². The largest absolute Gasteiger partial charge is 0.371 e. The van der Waals surface area contributed by atoms with Crippen LogP contribution in [0.4, 0.5) is 22.7 Å². The van der Waals surface area contributed by atoms with Crippen molar-refractivity contribution in [2.75, 3.05) is 73.6 Å². The number of amides is 5. The van der Waals surface area contributed by atoms with Gasteiger partial charge < -0.3 is 19.6 Å². The fourth-order valence-electron chi connectivity index (χ4n) is 10.2. The van der Waals surface area contributed by atoms with Gasteiger partial charge in [0.1, 0.15) is 6.04 Å². The van der Waals surface area contributed by atoms with Crippen molar-refractivity contribution < 1.29 is 24.0 Å². The zero-order valence-electron chi connectivity index (χ0n) is 32.7. The van der Waals surface area contributed by atoms with Gasteiger partial charge in [-0.3, -0.25) is 39.1 Å². The van der Waals surface area contributed by atoms with Gasteiger partial charge in [-0.1, -0.05) is 17.7 Å². The van der Waals surface area contributed by atoms with Crippen LogP contribution in [0, 0.1) is 12.0 Å². The first-order valence-electron chi connectivity index (χ1n) is 20.4. The third-order valence-corrected chi connectivity index (χ3v) is 13.8. The van der Waals surface area contributed by atoms with E-state index in [1.54, 1.807) is 12.1 Å². The molecule has 58 heavy (non-hydrogen) atoms. The van der Waals surface area contributed by atoms with E-state index >= 15 is 0 Å². The molecule has 3 atom stereocenters. The van der Waals surface area contributed by atoms with Crippen LogP contribution in [0.5, 0.6) is 0 Å². The molecular weight excluding hydrogens is 756 g/mol. The molecule has 0 aromatic heterocycles. The van der Waals surface area contributed by atoms with Crippen molar-refractivity contribution in [1.82, 2.24) is 20.0 Å². The Kier molecular flexibility index (Phi) is 9.88. The van der Waals surface area contributed by atoms with Crippen molar-refractivity contribution in [3.8, 4) is 0 Å². The number of nitrogens with one attached hydrogen (secondary N) is 1. The molecular formula is C44H47ClN8O5. The van der Waals surface area contributed by atoms with E-state index in [2.05, 4.69) is 48.8 Å². The fourth-order valence-corrected chi connectivity index (χ4v) is 10.5. The average molecular weight is 803 g/mol. The summed E-state index contributed by atoms with van der Waals surface area (Å²) in [6.45, 7) is 17.0. The molecule has 0 aliphatic carbocycles. The summed E-state index contributed by atoms with van der Waals surface area (Å²) < 4.78 is 0. The minimum absolute atomic E-state index is 0.0603. The minimum atomic E-state index is -0.985. The number of hydrogen-bond acceptors (Lipinski definition) is 9. The van der Waals surface area contributed by atoms with Crippen molar-refractivity contribution in [3.63, 3.8) is 0 Å². The van der Waals surface area contributed by atoms with Crippen molar-refractivity contribution in [3.05, 3.63) is 93.8 Å². The van der Waals surface area contributed by atoms with Crippen LogP contribution in [0.25, 0.3) is 4.85 Å². The lowest BCUT2D eigenvalue weighted by atomic mass is 9.76. The number of anilines is 3. The molecule has 1 N–H and O–H groups in total. The van der Waals surface area contributed by atoms with E-state index in [1.165, 1.54) is 0 Å². The molecule has 5 saturated heterocycles. The number of piperidine rings is 2. The molecule has 6 heterocycles. The average Bonchev–Trinajstić information content (AvgIpc) is 3.92. The second kappa shape index (κ2) is 15.1. The zero-order chi connectivity index (χ0) is 40.3. The summed E-state index contributed by atoms with van der Waals surface area (Å²) in [5, 5.41) is 2.75. The molecule has 14 heteroatoms. The third kappa shape index (κ3) is 6.86. The second-order valence-corrected chi connectivity index (χ2v) is 17.3. The summed E-state index contributed by atoms with van der Waals surface area (Å²) in [6.07, 6.45) is 4.50. The molecule has 300 valence electrons. The number of imide groups is 2. The predicted octanol–water partition coefficient (Wildman–Crippen LogP) is 5.21. The molecule has 3 aromatic rings. The van der Waals surface area contributed by atoms with E-state index in [9.17, 15) is 24.0 Å². The Morgan fingerprint density at radius 3 is 2.22 bits per heavy atom. The maximum Gasteiger partial charge on any atom is 0.262 e. The van der Waals surface area contributed by atoms with Crippen molar-refractivity contribution >= 4 is 63.9 Å². The second-order valence-electron chi connectivity index (χ2n) is 16.9. The number of carbonyl (C=O) groups excluding carboxylic acids is 5. The summed E-state index contributed by atoms with van der Waals surface area (Å²) in [4.78, 5) is 80.3. The summed E-state index contributed by atoms with van der Waals surface area (Å²) in [5.41, 5.74) is 5.13. The van der Waals surface area contributed by atoms with Crippen LogP contribution >= 0.6 is 11.6 Å². The highest BCUT2D eigenvalue weighted by Gasteiger charge is 2.46. The molecule has 6 aliphatic heterocycles. The van der Waals surface area contributed by atoms with Gasteiger partial charge in [-0.25, -0.2) is 4.85 Å². The Morgan fingerprint density at radius 2 is 1.52 bits per heavy atom. The molecule has 0 bridgehead atoms. The predicted molar refractivity (Wildman–Crippen MR) is 221 cm³/mol. The molecule has 1 spiro atoms. The SMILES string of the molecule is [C-]#[N+]c1ccc(N2CC3(CCN(c4ccc(C(=O)N5CCN([C@@H]6CCN(c7ccc8c(c7)C(=O)N(C7CCC(=O)NC7=O)C8=O)C6)CC5)cc4)CC3)C[C@@H]2C)cc1Cl. The number of hydrogen-bond donors (Lipinski definition) is 1. The van der Waals surface area contributed by atoms with Crippen molar-refractivity contribution in [2.24, 2.45) is 5.41 Å². The van der Waals surface area contributed by atoms with Gasteiger partial charge in [0, 0.05) is 105 Å². The van der Waals surface area contributed by atoms with Gasteiger partial charge in [-0.05, 0) is 99.0 Å². The monoisotopic (exact) mass is 802 g/mol. The van der Waals surface area contributed by atoms with Crippen LogP contribution in [0.2, 0.25) is 5.02 Å². The standard InChI is InChI=1S/C44H47ClN8O5/c1-28-25-44(27-52(28)32-8-10-37(46-2)36(45)24-32)14-17-48(18-15-44)30-5-3-29(4-6-30)41(56)50-21-19-49(20-22-50)33-13-16-51(26-33)31-7-9-34-35(23-31)43(58)53(42(34)57)38-11-12-39(54)47-40(38)55/h3-10,23-24,28,33,38H,11-22,25-27H2,1H3,(H,47,54,55)/t28-,33+,38?/m0/s1. The molecule has 0 saturated carbocycles. The van der Waals surface area contributed by atoms with E-state index in [4.69, 9.17) is 18.2 Å². The van der Waals surface area contributed by atoms with Gasteiger partial charge in [-0.15, -0.1) is 0 Å². The number of rotatable bonds is 6. The van der Waals surface area contributed by atoms with E-state index in [0.717, 1.165) is 93.5 Å². The summed E-state index contributed by atoms with van der Waals surface area (Å²) in [6, 6.07) is 18.9. The van der Waals surface area contributed by atoms with Gasteiger partial charge in [0.05, 0.1) is 17.7 Å². The number of carbonyl (C=O) groups is 5. The smallest absolute Gasteiger partial charge is 0.262 e. The zero-order valence-corrected chi connectivity index (χ0v) is 33.4. The lowest BCUT2D eigenvalue weighted by Crippen LogP contribution is -2.54. The molecule has 9 rings (SSSR count). The molecule has 5 fully saturated rings. The van der Waals surface area contributed by atoms with E-state index < -0.39 is 29.7 Å². The summed E-state index contributed by atoms with van der Waals surface area (Å²) in [7, 11) is 0. The van der Waals surface area contributed by atoms with Crippen molar-refractivity contribution in [2.45, 2.75) is 63.6 Å². The van der Waals surface area contributed by atoms with Crippen LogP contribution in [0.3, 0.4) is 0 Å². The van der Waals surface area contributed by atoms with Crippen LogP contribution in [-0.2, 0) is 9.59 Å². The van der Waals surface area contributed by atoms with Gasteiger partial charge in [0.2, 0.25) is 17.5 Å². The highest BCUT2D eigenvalue weighted by molar-refractivity contribution is 6.33. The first-order valence-corrected chi connectivity index (χ1v) is 20.8. The Balaban J connectivity index is 0.753. The Morgan fingerprint density at radius 1 is 0.810 bits per heavy atom. The van der Waals surface area contributed by atoms with Crippen LogP contribution in [0.15, 0.2) is 60.7 Å². The Bertz CT molecular complexity index is 2220. The molecule has 1 unspecified atom stereocenters. The quantitative estimate of drug-likeness (QED) is 0.265. The topological polar surface area (TPSA) is 121 Å². The lowest BCUT2D eigenvalue weighted by Gasteiger charge is -2.40. The number of piperazine rings is 1. The van der Waals surface area contributed by atoms with Crippen LogP contribution < -0.4 is 20.0 Å². The Hall–Kier alpha value is -5.45. The molecule has 0 radical (unpaired) electrons. The first kappa shape index (κ1) is 38.1. The summed E-state index contributed by atoms with van der Waals surface area (Å²) in [5.74, 6) is -1.95. The number of fused-ring (bicyclic) bond motifs is 1. The number of benzene rings is 3. The van der Waals surface area contributed by atoms with E-state index in [0.29, 0.717) is 47.0 Å². The van der Waals surface area contributed by atoms with Crippen LogP contribution in [0.1, 0.15) is 76.5 Å². The first-order chi connectivity index (χ1) is 28.0. The normalized spacial score (nSPS) is 24.8. The van der Waals surface area contributed by atoms with Crippen LogP contribution in [-0.4, -0.2) is 121 Å². The van der Waals surface area contributed by atoms with Gasteiger partial charge in [-0.2, -0.15) is 0 Å². The highest BCUT2D eigenvalue weighted by Crippen LogP contribution is 2.46. The number of nitrogens with zero attached hydrogens (tertiary/aromatic N) is 7. The summed E-state index contributed by atoms with van der Waals surface area (Å²) >= 11 is 6.39. The molecule has 5 amide bonds. The molecule has 6 aliphatic rings. The van der Waals surface area contributed by atoms with Gasteiger partial charge in [0.15, 0.2) is 0 Å². The molecule has 3 aromatic carbocycles. The minimum Gasteiger partial charge on any atom is -0.371 e. The van der Waals surface area contributed by atoms with E-state index in [1.807, 2.05) is 41.3 Å². The maximum atomic E-state index is 13.6. The van der Waals surface area contributed by atoms with E-state index in [-0.39, 0.29) is 29.7 Å². The maximum absolute atomic E-state index is 13.6. The van der Waals surface area contributed by atoms with Crippen molar-refractivity contribution in [1.29, 1.82) is 0 Å². The lowest BCUT2D eigenvalue weighted by molar-refractivity contribution is -0.136.